The van der Waals surface area contributed by atoms with Crippen LogP contribution in [0.3, 0.4) is 0 Å². The van der Waals surface area contributed by atoms with Crippen molar-refractivity contribution in [2.24, 2.45) is 0 Å². The van der Waals surface area contributed by atoms with Crippen molar-refractivity contribution < 1.29 is 29.4 Å². The third kappa shape index (κ3) is 6.98. The molecule has 1 atom stereocenters. The SMILES string of the molecule is O=C(NCc1cccc(O)c1)c1ccc(C(=O)N[C@@H](CNC(=O)c2cnccn2)C(=O)O)c(Cl)c1. The number of nitrogens with zero attached hydrogens (tertiary/aromatic N) is 2. The maximum atomic E-state index is 12.6. The number of hydrogen-bond acceptors (Lipinski definition) is 7. The number of nitrogens with one attached hydrogen (secondary N) is 3. The second-order valence-corrected chi connectivity index (χ2v) is 7.62. The molecule has 0 saturated carbocycles. The molecule has 5 N–H and O–H groups in total. The minimum absolute atomic E-state index is 0.0102. The van der Waals surface area contributed by atoms with Gasteiger partial charge in [0.25, 0.3) is 17.7 Å². The van der Waals surface area contributed by atoms with Gasteiger partial charge in [0.05, 0.1) is 16.8 Å². The summed E-state index contributed by atoms with van der Waals surface area (Å²) in [7, 11) is 0. The molecule has 3 amide bonds. The Kier molecular flexibility index (Phi) is 8.30. The first-order valence-electron chi connectivity index (χ1n) is 10.2. The summed E-state index contributed by atoms with van der Waals surface area (Å²) in [5.74, 6) is -3.22. The number of carbonyl (C=O) groups is 4. The van der Waals surface area contributed by atoms with Crippen LogP contribution in [0.25, 0.3) is 0 Å². The van der Waals surface area contributed by atoms with Gasteiger partial charge in [-0.25, -0.2) is 9.78 Å². The Hall–Kier alpha value is -4.51. The molecule has 0 aliphatic heterocycles. The molecule has 3 aromatic rings. The predicted octanol–water partition coefficient (Wildman–Crippen LogP) is 1.38. The fourth-order valence-corrected chi connectivity index (χ4v) is 3.20. The molecule has 0 aliphatic rings. The summed E-state index contributed by atoms with van der Waals surface area (Å²) in [6.45, 7) is -0.253. The van der Waals surface area contributed by atoms with Crippen molar-refractivity contribution in [1.82, 2.24) is 25.9 Å². The van der Waals surface area contributed by atoms with Crippen molar-refractivity contribution >= 4 is 35.3 Å². The molecule has 12 heteroatoms. The number of carbonyl (C=O) groups excluding carboxylic acids is 3. The van der Waals surface area contributed by atoms with Crippen molar-refractivity contribution in [3.63, 3.8) is 0 Å². The number of aromatic nitrogens is 2. The van der Waals surface area contributed by atoms with Crippen molar-refractivity contribution in [2.75, 3.05) is 6.54 Å². The highest BCUT2D eigenvalue weighted by Crippen LogP contribution is 2.19. The van der Waals surface area contributed by atoms with Crippen LogP contribution in [0.15, 0.2) is 61.1 Å². The Morgan fingerprint density at radius 3 is 2.43 bits per heavy atom. The maximum Gasteiger partial charge on any atom is 0.328 e. The molecule has 0 saturated heterocycles. The van der Waals surface area contributed by atoms with Crippen molar-refractivity contribution in [1.29, 1.82) is 0 Å². The number of amides is 3. The summed E-state index contributed by atoms with van der Waals surface area (Å²) < 4.78 is 0. The first-order chi connectivity index (χ1) is 16.7. The number of carboxylic acids is 1. The average Bonchev–Trinajstić information content (AvgIpc) is 2.85. The van der Waals surface area contributed by atoms with Gasteiger partial charge in [-0.3, -0.25) is 19.4 Å². The van der Waals surface area contributed by atoms with Crippen LogP contribution in [-0.4, -0.2) is 56.5 Å². The molecule has 1 aromatic heterocycles. The number of hydrogen-bond donors (Lipinski definition) is 5. The van der Waals surface area contributed by atoms with E-state index in [1.54, 1.807) is 12.1 Å². The average molecular weight is 498 g/mol. The zero-order valence-corrected chi connectivity index (χ0v) is 18.8. The fraction of sp³-hybridized carbons (Fsp3) is 0.130. The summed E-state index contributed by atoms with van der Waals surface area (Å²) in [6, 6.07) is 8.87. The molecular weight excluding hydrogens is 478 g/mol. The topological polar surface area (TPSA) is 171 Å². The highest BCUT2D eigenvalue weighted by atomic mass is 35.5. The van der Waals surface area contributed by atoms with Gasteiger partial charge in [-0.2, -0.15) is 0 Å². The van der Waals surface area contributed by atoms with Crippen molar-refractivity contribution in [2.45, 2.75) is 12.6 Å². The molecule has 1 heterocycles. The molecule has 11 nitrogen and oxygen atoms in total. The summed E-state index contributed by atoms with van der Waals surface area (Å²) in [5.41, 5.74) is 0.802. The van der Waals surface area contributed by atoms with E-state index in [1.807, 2.05) is 0 Å². The number of rotatable bonds is 9. The number of benzene rings is 2. The zero-order chi connectivity index (χ0) is 25.4. The predicted molar refractivity (Wildman–Crippen MR) is 124 cm³/mol. The van der Waals surface area contributed by atoms with Crippen LogP contribution in [-0.2, 0) is 11.3 Å². The Morgan fingerprint density at radius 2 is 1.77 bits per heavy atom. The molecule has 2 aromatic carbocycles. The zero-order valence-electron chi connectivity index (χ0n) is 18.1. The van der Waals surface area contributed by atoms with Gasteiger partial charge in [-0.1, -0.05) is 23.7 Å². The molecule has 0 unspecified atom stereocenters. The number of aromatic hydroxyl groups is 1. The highest BCUT2D eigenvalue weighted by Gasteiger charge is 2.23. The van der Waals surface area contributed by atoms with E-state index in [0.717, 1.165) is 0 Å². The van der Waals surface area contributed by atoms with Gasteiger partial charge in [0.1, 0.15) is 17.5 Å². The number of phenols is 1. The number of phenolic OH excluding ortho intramolecular Hbond substituents is 1. The van der Waals surface area contributed by atoms with Crippen molar-refractivity contribution in [3.8, 4) is 5.75 Å². The monoisotopic (exact) mass is 497 g/mol. The molecule has 0 fully saturated rings. The third-order valence-electron chi connectivity index (χ3n) is 4.71. The van der Waals surface area contributed by atoms with Crippen LogP contribution < -0.4 is 16.0 Å². The Bertz CT molecular complexity index is 1250. The molecule has 3 rings (SSSR count). The lowest BCUT2D eigenvalue weighted by Crippen LogP contribution is -2.48. The normalized spacial score (nSPS) is 11.2. The lowest BCUT2D eigenvalue weighted by Gasteiger charge is -2.16. The number of carboxylic acid groups (broad SMARTS) is 1. The Balaban J connectivity index is 1.60. The minimum atomic E-state index is -1.45. The van der Waals surface area contributed by atoms with Crippen LogP contribution in [0.2, 0.25) is 5.02 Å². The van der Waals surface area contributed by atoms with Gasteiger partial charge in [0, 0.05) is 31.0 Å². The van der Waals surface area contributed by atoms with E-state index in [1.165, 1.54) is 48.9 Å². The number of halogens is 1. The van der Waals surface area contributed by atoms with Gasteiger partial charge in [0.2, 0.25) is 0 Å². The molecule has 0 spiro atoms. The summed E-state index contributed by atoms with van der Waals surface area (Å²) in [5, 5.41) is 26.2. The summed E-state index contributed by atoms with van der Waals surface area (Å²) >= 11 is 6.17. The Labute approximate surface area is 204 Å². The van der Waals surface area contributed by atoms with E-state index in [-0.39, 0.29) is 34.1 Å². The molecule has 0 radical (unpaired) electrons. The van der Waals surface area contributed by atoms with E-state index >= 15 is 0 Å². The van der Waals surface area contributed by atoms with E-state index in [4.69, 9.17) is 11.6 Å². The van der Waals surface area contributed by atoms with Gasteiger partial charge < -0.3 is 26.2 Å². The van der Waals surface area contributed by atoms with Crippen LogP contribution in [0.5, 0.6) is 5.75 Å². The van der Waals surface area contributed by atoms with Crippen LogP contribution in [0.4, 0.5) is 0 Å². The second-order valence-electron chi connectivity index (χ2n) is 7.21. The Morgan fingerprint density at radius 1 is 0.971 bits per heavy atom. The van der Waals surface area contributed by atoms with E-state index in [2.05, 4.69) is 25.9 Å². The first kappa shape index (κ1) is 25.1. The standard InChI is InChI=1S/C23H20ClN5O6/c24-17-9-14(20(31)27-10-13-2-1-3-15(30)8-13)4-5-16(17)21(32)29-19(23(34)35)12-28-22(33)18-11-25-6-7-26-18/h1-9,11,19,30H,10,12H2,(H,27,31)(H,28,33)(H,29,32)(H,34,35)/t19-/m0/s1. The molecular formula is C23H20ClN5O6. The highest BCUT2D eigenvalue weighted by molar-refractivity contribution is 6.34. The van der Waals surface area contributed by atoms with Gasteiger partial charge >= 0.3 is 5.97 Å². The molecule has 35 heavy (non-hydrogen) atoms. The smallest absolute Gasteiger partial charge is 0.328 e. The minimum Gasteiger partial charge on any atom is -0.508 e. The van der Waals surface area contributed by atoms with Gasteiger partial charge in [-0.15, -0.1) is 0 Å². The van der Waals surface area contributed by atoms with Gasteiger partial charge in [0.15, 0.2) is 0 Å². The lowest BCUT2D eigenvalue weighted by molar-refractivity contribution is -0.139. The maximum absolute atomic E-state index is 12.6. The van der Waals surface area contributed by atoms with E-state index < -0.39 is 36.3 Å². The number of aliphatic carboxylic acids is 1. The van der Waals surface area contributed by atoms with Crippen LogP contribution >= 0.6 is 11.6 Å². The van der Waals surface area contributed by atoms with Crippen LogP contribution in [0, 0.1) is 0 Å². The third-order valence-corrected chi connectivity index (χ3v) is 5.02. The fourth-order valence-electron chi connectivity index (χ4n) is 2.93. The van der Waals surface area contributed by atoms with Crippen molar-refractivity contribution in [3.05, 3.63) is 88.5 Å². The second kappa shape index (κ2) is 11.6. The van der Waals surface area contributed by atoms with E-state index in [9.17, 15) is 29.4 Å². The molecule has 0 aliphatic carbocycles. The summed E-state index contributed by atoms with van der Waals surface area (Å²) in [4.78, 5) is 56.2. The first-order valence-corrected chi connectivity index (χ1v) is 10.6. The van der Waals surface area contributed by atoms with Gasteiger partial charge in [-0.05, 0) is 35.9 Å². The quantitative estimate of drug-likeness (QED) is 0.295. The van der Waals surface area contributed by atoms with E-state index in [0.29, 0.717) is 5.56 Å². The lowest BCUT2D eigenvalue weighted by atomic mass is 10.1. The molecule has 180 valence electrons. The summed E-state index contributed by atoms with van der Waals surface area (Å²) in [6.07, 6.45) is 3.90. The largest absolute Gasteiger partial charge is 0.508 e. The van der Waals surface area contributed by atoms with Crippen LogP contribution in [0.1, 0.15) is 36.8 Å². The molecule has 0 bridgehead atoms.